The molecule has 12 heteroatoms. The molecule has 1 N–H and O–H groups in total. The van der Waals surface area contributed by atoms with Crippen LogP contribution in [0.3, 0.4) is 0 Å². The van der Waals surface area contributed by atoms with Crippen LogP contribution in [0.15, 0.2) is 34.2 Å². The Labute approximate surface area is 223 Å². The molecule has 0 atom stereocenters. The fourth-order valence-corrected chi connectivity index (χ4v) is 6.10. The molecule has 0 saturated heterocycles. The number of sulfone groups is 1. The number of halogens is 2. The molecule has 38 heavy (non-hydrogen) atoms. The van der Waals surface area contributed by atoms with Crippen molar-refractivity contribution in [2.75, 3.05) is 18.7 Å². The van der Waals surface area contributed by atoms with E-state index in [1.807, 2.05) is 6.92 Å². The molecule has 0 unspecified atom stereocenters. The van der Waals surface area contributed by atoms with Crippen LogP contribution in [0.4, 0.5) is 25.8 Å². The molecular weight excluding hydrogens is 534 g/mol. The SMILES string of the molecule is COCc1nc(-c2ccc(Nc3cc(CC(=O)C4CC4)nc4c3N=C(C(F)F)C4)c(S(C)(=O)=O)c2)sc1C. The Morgan fingerprint density at radius 2 is 1.97 bits per heavy atom. The Balaban J connectivity index is 1.55. The lowest BCUT2D eigenvalue weighted by Gasteiger charge is -2.15. The summed E-state index contributed by atoms with van der Waals surface area (Å²) in [5, 5.41) is 3.75. The summed E-state index contributed by atoms with van der Waals surface area (Å²) in [5.74, 6) is 0.0850. The largest absolute Gasteiger partial charge is 0.378 e. The highest BCUT2D eigenvalue weighted by Crippen LogP contribution is 2.40. The number of hydrogen-bond donors (Lipinski definition) is 1. The summed E-state index contributed by atoms with van der Waals surface area (Å²) in [7, 11) is -2.12. The second-order valence-corrected chi connectivity index (χ2v) is 12.7. The first-order chi connectivity index (χ1) is 18.0. The molecule has 2 aliphatic rings. The number of methoxy groups -OCH3 is 1. The number of nitrogens with one attached hydrogen (secondary N) is 1. The summed E-state index contributed by atoms with van der Waals surface area (Å²) in [4.78, 5) is 26.6. The minimum atomic E-state index is -3.70. The standard InChI is InChI=1S/C26H26F2N4O4S2/c1-13-21(12-36-2)32-26(37-13)15-6-7-17(23(8-15)38(3,34)35)30-18-9-16(10-22(33)14-4-5-14)29-19-11-20(25(27)28)31-24(18)19/h6-9,14,25H,4-5,10-12H2,1-3H3,(H,29,30). The number of pyridine rings is 1. The number of aryl methyl sites for hydroxylation is 1. The first-order valence-electron chi connectivity index (χ1n) is 12.0. The topological polar surface area (TPSA) is 111 Å². The van der Waals surface area contributed by atoms with Gasteiger partial charge in [-0.1, -0.05) is 0 Å². The Hall–Kier alpha value is -3.09. The molecule has 0 bridgehead atoms. The zero-order valence-electron chi connectivity index (χ0n) is 21.0. The van der Waals surface area contributed by atoms with Crippen LogP contribution < -0.4 is 5.32 Å². The van der Waals surface area contributed by atoms with Gasteiger partial charge >= 0.3 is 0 Å². The maximum Gasteiger partial charge on any atom is 0.277 e. The number of benzene rings is 1. The molecule has 0 radical (unpaired) electrons. The lowest BCUT2D eigenvalue weighted by molar-refractivity contribution is -0.119. The number of hydrogen-bond acceptors (Lipinski definition) is 9. The minimum absolute atomic E-state index is 0.0216. The van der Waals surface area contributed by atoms with Crippen molar-refractivity contribution in [3.63, 3.8) is 0 Å². The predicted octanol–water partition coefficient (Wildman–Crippen LogP) is 5.22. The van der Waals surface area contributed by atoms with Gasteiger partial charge in [-0.3, -0.25) is 9.78 Å². The fraction of sp³-hybridized carbons (Fsp3) is 0.385. The van der Waals surface area contributed by atoms with E-state index in [0.717, 1.165) is 29.7 Å². The number of rotatable bonds is 10. The monoisotopic (exact) mass is 560 g/mol. The van der Waals surface area contributed by atoms with Crippen LogP contribution in [0, 0.1) is 12.8 Å². The van der Waals surface area contributed by atoms with Gasteiger partial charge in [0.1, 0.15) is 16.5 Å². The number of fused-ring (bicyclic) bond motifs is 1. The second-order valence-electron chi connectivity index (χ2n) is 9.52. The summed E-state index contributed by atoms with van der Waals surface area (Å²) in [6.45, 7) is 2.27. The Bertz CT molecular complexity index is 1560. The normalized spacial score (nSPS) is 15.1. The summed E-state index contributed by atoms with van der Waals surface area (Å²) in [5.41, 5.74) is 2.69. The van der Waals surface area contributed by atoms with Crippen molar-refractivity contribution in [3.8, 4) is 10.6 Å². The van der Waals surface area contributed by atoms with E-state index in [1.165, 1.54) is 11.3 Å². The molecule has 8 nitrogen and oxygen atoms in total. The molecule has 1 aromatic carbocycles. The summed E-state index contributed by atoms with van der Waals surface area (Å²) < 4.78 is 57.7. The van der Waals surface area contributed by atoms with Crippen molar-refractivity contribution in [2.45, 2.75) is 50.5 Å². The van der Waals surface area contributed by atoms with Crippen molar-refractivity contribution >= 4 is 49.7 Å². The van der Waals surface area contributed by atoms with Gasteiger partial charge in [-0.2, -0.15) is 0 Å². The Morgan fingerprint density at radius 3 is 2.63 bits per heavy atom. The number of alkyl halides is 2. The highest BCUT2D eigenvalue weighted by molar-refractivity contribution is 7.90. The average molecular weight is 561 g/mol. The number of Topliss-reactive ketones (excluding diaryl/α,β-unsaturated/α-hetero) is 1. The number of carbonyl (C=O) groups excluding carboxylic acids is 1. The van der Waals surface area contributed by atoms with Crippen LogP contribution in [0.5, 0.6) is 0 Å². The van der Waals surface area contributed by atoms with E-state index in [4.69, 9.17) is 4.74 Å². The molecule has 1 aliphatic carbocycles. The zero-order chi connectivity index (χ0) is 27.2. The van der Waals surface area contributed by atoms with Crippen molar-refractivity contribution < 1.29 is 26.7 Å². The lowest BCUT2D eigenvalue weighted by Crippen LogP contribution is -2.11. The van der Waals surface area contributed by atoms with Crippen LogP contribution in [-0.2, 0) is 38.8 Å². The minimum Gasteiger partial charge on any atom is -0.378 e. The predicted molar refractivity (Wildman–Crippen MR) is 142 cm³/mol. The van der Waals surface area contributed by atoms with E-state index in [2.05, 4.69) is 20.3 Å². The second kappa shape index (κ2) is 10.2. The number of nitrogens with zero attached hydrogens (tertiary/aromatic N) is 3. The van der Waals surface area contributed by atoms with Crippen molar-refractivity contribution in [1.82, 2.24) is 9.97 Å². The van der Waals surface area contributed by atoms with Gasteiger partial charge in [0.25, 0.3) is 6.43 Å². The molecule has 3 heterocycles. The van der Waals surface area contributed by atoms with Gasteiger partial charge in [-0.05, 0) is 44.0 Å². The lowest BCUT2D eigenvalue weighted by atomic mass is 10.1. The number of carbonyl (C=O) groups is 1. The van der Waals surface area contributed by atoms with Crippen LogP contribution in [0.2, 0.25) is 0 Å². The zero-order valence-corrected chi connectivity index (χ0v) is 22.7. The molecule has 1 aliphatic heterocycles. The molecule has 200 valence electrons. The first kappa shape index (κ1) is 26.5. The molecule has 1 saturated carbocycles. The van der Waals surface area contributed by atoms with Gasteiger partial charge in [0.2, 0.25) is 0 Å². The third kappa shape index (κ3) is 5.52. The number of anilines is 2. The first-order valence-corrected chi connectivity index (χ1v) is 14.7. The number of aliphatic imine (C=N–C) groups is 1. The number of ether oxygens (including phenoxy) is 1. The van der Waals surface area contributed by atoms with E-state index in [-0.39, 0.29) is 46.5 Å². The third-order valence-electron chi connectivity index (χ3n) is 6.43. The summed E-state index contributed by atoms with van der Waals surface area (Å²) >= 11 is 1.44. The van der Waals surface area contributed by atoms with Gasteiger partial charge in [0.05, 0.1) is 45.7 Å². The number of aromatic nitrogens is 2. The van der Waals surface area contributed by atoms with Gasteiger partial charge < -0.3 is 10.1 Å². The number of thiazole rings is 1. The van der Waals surface area contributed by atoms with Crippen LogP contribution in [-0.4, -0.2) is 49.7 Å². The molecule has 1 fully saturated rings. The maximum absolute atomic E-state index is 13.5. The molecule has 2 aromatic heterocycles. The average Bonchev–Trinajstić information content (AvgIpc) is 3.51. The smallest absolute Gasteiger partial charge is 0.277 e. The van der Waals surface area contributed by atoms with E-state index in [1.54, 1.807) is 31.4 Å². The molecule has 5 rings (SSSR count). The van der Waals surface area contributed by atoms with E-state index in [9.17, 15) is 22.0 Å². The van der Waals surface area contributed by atoms with Crippen LogP contribution >= 0.6 is 11.3 Å². The Morgan fingerprint density at radius 1 is 1.21 bits per heavy atom. The quantitative estimate of drug-likeness (QED) is 0.362. The maximum atomic E-state index is 13.5. The van der Waals surface area contributed by atoms with E-state index >= 15 is 0 Å². The summed E-state index contributed by atoms with van der Waals surface area (Å²) in [6, 6.07) is 6.50. The molecule has 0 amide bonds. The van der Waals surface area contributed by atoms with E-state index < -0.39 is 16.3 Å². The van der Waals surface area contributed by atoms with Crippen LogP contribution in [0.25, 0.3) is 10.6 Å². The fourth-order valence-electron chi connectivity index (χ4n) is 4.32. The van der Waals surface area contributed by atoms with Gasteiger partial charge in [0, 0.05) is 42.6 Å². The molecular formula is C26H26F2N4O4S2. The van der Waals surface area contributed by atoms with Gasteiger partial charge in [-0.15, -0.1) is 11.3 Å². The van der Waals surface area contributed by atoms with Crippen molar-refractivity contribution in [1.29, 1.82) is 0 Å². The van der Waals surface area contributed by atoms with Crippen LogP contribution in [0.1, 0.15) is 34.8 Å². The van der Waals surface area contributed by atoms with Gasteiger partial charge in [-0.25, -0.2) is 27.2 Å². The van der Waals surface area contributed by atoms with Crippen molar-refractivity contribution in [3.05, 3.63) is 46.2 Å². The molecule has 3 aromatic rings. The van der Waals surface area contributed by atoms with Gasteiger partial charge in [0.15, 0.2) is 9.84 Å². The molecule has 0 spiro atoms. The van der Waals surface area contributed by atoms with E-state index in [0.29, 0.717) is 34.3 Å². The van der Waals surface area contributed by atoms with Crippen molar-refractivity contribution in [2.24, 2.45) is 10.9 Å². The third-order valence-corrected chi connectivity index (χ3v) is 8.63. The highest BCUT2D eigenvalue weighted by Gasteiger charge is 2.31. The number of ketones is 1. The summed E-state index contributed by atoms with van der Waals surface area (Å²) in [6.07, 6.45) is 0.0146. The highest BCUT2D eigenvalue weighted by atomic mass is 32.2. The Kier molecular flexibility index (Phi) is 7.14.